The molecule has 0 radical (unpaired) electrons. The molecule has 0 spiro atoms. The number of aliphatic carboxylic acids is 2. The van der Waals surface area contributed by atoms with Gasteiger partial charge in [0.05, 0.1) is 0 Å². The van der Waals surface area contributed by atoms with Crippen molar-refractivity contribution in [3.05, 3.63) is 0 Å². The normalized spacial score (nSPS) is 19.8. The molecule has 0 aromatic heterocycles. The molecule has 1 rings (SSSR count). The van der Waals surface area contributed by atoms with E-state index in [0.717, 1.165) is 51.5 Å². The minimum Gasteiger partial charge on any atom is -0.480 e. The summed E-state index contributed by atoms with van der Waals surface area (Å²) in [6.45, 7) is 1.53. The van der Waals surface area contributed by atoms with E-state index in [9.17, 15) is 9.59 Å². The van der Waals surface area contributed by atoms with Crippen LogP contribution >= 0.6 is 0 Å². The van der Waals surface area contributed by atoms with E-state index in [2.05, 4.69) is 5.32 Å². The summed E-state index contributed by atoms with van der Waals surface area (Å²) < 4.78 is 0. The summed E-state index contributed by atoms with van der Waals surface area (Å²) in [5, 5.41) is 20.0. The predicted octanol–water partition coefficient (Wildman–Crippen LogP) is 0.521. The average Bonchev–Trinajstić information content (AvgIpc) is 2.73. The van der Waals surface area contributed by atoms with Gasteiger partial charge in [0.2, 0.25) is 0 Å². The molecule has 1 unspecified atom stereocenters. The Kier molecular flexibility index (Phi) is 11.8. The molecule has 1 saturated heterocycles. The van der Waals surface area contributed by atoms with Gasteiger partial charge in [-0.1, -0.05) is 25.7 Å². The topological polar surface area (TPSA) is 139 Å². The van der Waals surface area contributed by atoms with Gasteiger partial charge in [-0.15, -0.1) is 0 Å². The second kappa shape index (κ2) is 12.6. The lowest BCUT2D eigenvalue weighted by Gasteiger charge is -2.08. The van der Waals surface area contributed by atoms with Crippen LogP contribution in [0, 0.1) is 0 Å². The van der Waals surface area contributed by atoms with Gasteiger partial charge in [0.25, 0.3) is 0 Å². The summed E-state index contributed by atoms with van der Waals surface area (Å²) >= 11 is 0. The Hall–Kier alpha value is -1.18. The Morgan fingerprint density at radius 2 is 1.86 bits per heavy atom. The summed E-state index contributed by atoms with van der Waals surface area (Å²) in [4.78, 5) is 20.7. The molecular formula is C14H29N3O4. The van der Waals surface area contributed by atoms with Crippen LogP contribution in [-0.2, 0) is 9.59 Å². The van der Waals surface area contributed by atoms with Crippen molar-refractivity contribution in [2.45, 2.75) is 63.5 Å². The maximum Gasteiger partial charge on any atom is 0.320 e. The summed E-state index contributed by atoms with van der Waals surface area (Å²) in [7, 11) is 0. The quantitative estimate of drug-likeness (QED) is 0.432. The third-order valence-corrected chi connectivity index (χ3v) is 3.39. The molecule has 1 heterocycles. The standard InChI is InChI=1S/C7H16N2O2.C7H13NO2/c8-5-3-1-2-4-6(9)7(10)11;9-7(10)6-4-2-1-3-5-8-6/h6H,1-5,8-9H2,(H,10,11);6,8H,1-5H2,(H,9,10)/t6-;/m0./s1. The third kappa shape index (κ3) is 11.2. The second-order valence-electron chi connectivity index (χ2n) is 5.28. The van der Waals surface area contributed by atoms with E-state index in [1.807, 2.05) is 0 Å². The first-order valence-corrected chi connectivity index (χ1v) is 7.63. The lowest BCUT2D eigenvalue weighted by molar-refractivity contribution is -0.140. The molecule has 0 aromatic rings. The Morgan fingerprint density at radius 3 is 2.43 bits per heavy atom. The summed E-state index contributed by atoms with van der Waals surface area (Å²) in [6, 6.07) is -0.990. The molecule has 2 atom stereocenters. The van der Waals surface area contributed by atoms with Crippen LogP contribution in [0.2, 0.25) is 0 Å². The van der Waals surface area contributed by atoms with Crippen molar-refractivity contribution in [3.63, 3.8) is 0 Å². The van der Waals surface area contributed by atoms with Crippen LogP contribution in [-0.4, -0.2) is 47.3 Å². The van der Waals surface area contributed by atoms with Crippen molar-refractivity contribution in [3.8, 4) is 0 Å². The highest BCUT2D eigenvalue weighted by Gasteiger charge is 2.17. The number of hydrogen-bond donors (Lipinski definition) is 5. The molecule has 1 aliphatic rings. The van der Waals surface area contributed by atoms with Gasteiger partial charge in [0.15, 0.2) is 0 Å². The molecule has 0 bridgehead atoms. The third-order valence-electron chi connectivity index (χ3n) is 3.39. The smallest absolute Gasteiger partial charge is 0.320 e. The number of hydrogen-bond acceptors (Lipinski definition) is 5. The molecule has 0 amide bonds. The van der Waals surface area contributed by atoms with Crippen molar-refractivity contribution in [1.29, 1.82) is 0 Å². The molecule has 0 aromatic carbocycles. The highest BCUT2D eigenvalue weighted by molar-refractivity contribution is 5.73. The molecule has 124 valence electrons. The number of carboxylic acid groups (broad SMARTS) is 2. The van der Waals surface area contributed by atoms with Crippen LogP contribution in [0.15, 0.2) is 0 Å². The van der Waals surface area contributed by atoms with Crippen LogP contribution < -0.4 is 16.8 Å². The van der Waals surface area contributed by atoms with E-state index in [1.165, 1.54) is 0 Å². The van der Waals surface area contributed by atoms with Crippen LogP contribution in [0.3, 0.4) is 0 Å². The number of carbonyl (C=O) groups is 2. The molecule has 1 fully saturated rings. The number of nitrogens with one attached hydrogen (secondary N) is 1. The van der Waals surface area contributed by atoms with Gasteiger partial charge in [0.1, 0.15) is 12.1 Å². The Morgan fingerprint density at radius 1 is 1.14 bits per heavy atom. The minimum absolute atomic E-state index is 0.289. The fourth-order valence-corrected chi connectivity index (χ4v) is 2.05. The van der Waals surface area contributed by atoms with Crippen LogP contribution in [0.5, 0.6) is 0 Å². The Labute approximate surface area is 126 Å². The van der Waals surface area contributed by atoms with Gasteiger partial charge in [-0.3, -0.25) is 9.59 Å². The van der Waals surface area contributed by atoms with Gasteiger partial charge < -0.3 is 27.0 Å². The van der Waals surface area contributed by atoms with E-state index < -0.39 is 18.0 Å². The summed E-state index contributed by atoms with van der Waals surface area (Å²) in [6.07, 6.45) is 7.43. The fraction of sp³-hybridized carbons (Fsp3) is 0.857. The lowest BCUT2D eigenvalue weighted by Crippen LogP contribution is -2.35. The maximum absolute atomic E-state index is 10.4. The molecule has 1 aliphatic heterocycles. The van der Waals surface area contributed by atoms with E-state index in [-0.39, 0.29) is 6.04 Å². The number of rotatable bonds is 7. The molecule has 7 N–H and O–H groups in total. The highest BCUT2D eigenvalue weighted by Crippen LogP contribution is 2.07. The zero-order valence-electron chi connectivity index (χ0n) is 12.6. The first-order chi connectivity index (χ1) is 9.99. The SMILES string of the molecule is NCCCCC[C@H](N)C(=O)O.O=C(O)C1CCCCCN1. The number of carboxylic acids is 2. The Bertz CT molecular complexity index is 292. The van der Waals surface area contributed by atoms with Gasteiger partial charge in [0, 0.05) is 0 Å². The van der Waals surface area contributed by atoms with Crippen LogP contribution in [0.25, 0.3) is 0 Å². The number of nitrogens with two attached hydrogens (primary N) is 2. The monoisotopic (exact) mass is 303 g/mol. The van der Waals surface area contributed by atoms with Gasteiger partial charge >= 0.3 is 11.9 Å². The Balaban J connectivity index is 0.000000382. The van der Waals surface area contributed by atoms with Gasteiger partial charge in [-0.25, -0.2) is 0 Å². The van der Waals surface area contributed by atoms with Crippen molar-refractivity contribution in [2.75, 3.05) is 13.1 Å². The first kappa shape index (κ1) is 19.8. The van der Waals surface area contributed by atoms with Gasteiger partial charge in [-0.05, 0) is 38.8 Å². The van der Waals surface area contributed by atoms with Crippen molar-refractivity contribution in [2.24, 2.45) is 11.5 Å². The zero-order chi connectivity index (χ0) is 16.1. The first-order valence-electron chi connectivity index (χ1n) is 7.63. The maximum atomic E-state index is 10.4. The summed E-state index contributed by atoms with van der Waals surface area (Å²) in [5.41, 5.74) is 10.5. The van der Waals surface area contributed by atoms with Crippen molar-refractivity contribution in [1.82, 2.24) is 5.32 Å². The van der Waals surface area contributed by atoms with E-state index in [4.69, 9.17) is 21.7 Å². The van der Waals surface area contributed by atoms with Crippen molar-refractivity contribution >= 4 is 11.9 Å². The second-order valence-corrected chi connectivity index (χ2v) is 5.28. The lowest BCUT2D eigenvalue weighted by atomic mass is 10.1. The van der Waals surface area contributed by atoms with E-state index >= 15 is 0 Å². The minimum atomic E-state index is -0.919. The largest absolute Gasteiger partial charge is 0.480 e. The van der Waals surface area contributed by atoms with Crippen molar-refractivity contribution < 1.29 is 19.8 Å². The fourth-order valence-electron chi connectivity index (χ4n) is 2.05. The summed E-state index contributed by atoms with van der Waals surface area (Å²) in [5.74, 6) is -1.63. The predicted molar refractivity (Wildman–Crippen MR) is 81.0 cm³/mol. The molecule has 0 saturated carbocycles. The highest BCUT2D eigenvalue weighted by atomic mass is 16.4. The molecule has 7 nitrogen and oxygen atoms in total. The molecule has 21 heavy (non-hydrogen) atoms. The van der Waals surface area contributed by atoms with Crippen LogP contribution in [0.4, 0.5) is 0 Å². The number of unbranched alkanes of at least 4 members (excludes halogenated alkanes) is 2. The van der Waals surface area contributed by atoms with E-state index in [0.29, 0.717) is 13.0 Å². The molecule has 7 heteroatoms. The average molecular weight is 303 g/mol. The van der Waals surface area contributed by atoms with Crippen LogP contribution in [0.1, 0.15) is 51.4 Å². The van der Waals surface area contributed by atoms with Gasteiger partial charge in [-0.2, -0.15) is 0 Å². The zero-order valence-corrected chi connectivity index (χ0v) is 12.6. The van der Waals surface area contributed by atoms with E-state index in [1.54, 1.807) is 0 Å². The molecular weight excluding hydrogens is 274 g/mol. The molecule has 0 aliphatic carbocycles.